The molecule has 2 aromatic rings. The number of nitrogens with zero attached hydrogens (tertiary/aromatic N) is 1. The highest BCUT2D eigenvalue weighted by Crippen LogP contribution is 2.30. The van der Waals surface area contributed by atoms with E-state index in [0.29, 0.717) is 42.6 Å². The summed E-state index contributed by atoms with van der Waals surface area (Å²) in [7, 11) is 0. The van der Waals surface area contributed by atoms with Gasteiger partial charge in [-0.15, -0.1) is 0 Å². The number of rotatable bonds is 5. The first-order chi connectivity index (χ1) is 13.0. The minimum atomic E-state index is -0.786. The predicted octanol–water partition coefficient (Wildman–Crippen LogP) is 3.16. The largest absolute Gasteiger partial charge is 0.481 e. The lowest BCUT2D eigenvalue weighted by Crippen LogP contribution is -2.29. The molecule has 1 aliphatic rings. The molecule has 0 bridgehead atoms. The topological polar surface area (TPSA) is 108 Å². The molecule has 0 saturated heterocycles. The molecule has 0 aliphatic heterocycles. The summed E-state index contributed by atoms with van der Waals surface area (Å²) in [6, 6.07) is 10.2. The molecule has 0 atom stereocenters. The fraction of sp³-hybridized carbons (Fsp3) is 0.300. The second-order valence-electron chi connectivity index (χ2n) is 6.65. The van der Waals surface area contributed by atoms with Crippen LogP contribution in [0.4, 0.5) is 11.4 Å². The van der Waals surface area contributed by atoms with Crippen LogP contribution in [0.5, 0.6) is 0 Å². The highest BCUT2D eigenvalue weighted by Gasteiger charge is 2.29. The van der Waals surface area contributed by atoms with E-state index in [0.717, 1.165) is 0 Å². The minimum Gasteiger partial charge on any atom is -0.481 e. The number of carboxylic acids is 1. The van der Waals surface area contributed by atoms with Crippen molar-refractivity contribution in [2.45, 2.75) is 25.7 Å². The molecule has 0 radical (unpaired) electrons. The molecule has 0 unspecified atom stereocenters. The zero-order valence-electron chi connectivity index (χ0n) is 14.7. The summed E-state index contributed by atoms with van der Waals surface area (Å²) in [5, 5.41) is 14.7. The fourth-order valence-corrected chi connectivity index (χ4v) is 3.23. The molecule has 1 fully saturated rings. The number of benzene rings is 1. The van der Waals surface area contributed by atoms with Gasteiger partial charge in [0.2, 0.25) is 5.91 Å². The number of aliphatic carboxylic acids is 1. The van der Waals surface area contributed by atoms with Crippen LogP contribution in [0.15, 0.2) is 48.8 Å². The summed E-state index contributed by atoms with van der Waals surface area (Å²) in [4.78, 5) is 39.5. The van der Waals surface area contributed by atoms with Gasteiger partial charge in [-0.2, -0.15) is 0 Å². The van der Waals surface area contributed by atoms with Gasteiger partial charge in [0.25, 0.3) is 5.91 Å². The van der Waals surface area contributed by atoms with Gasteiger partial charge in [0.15, 0.2) is 0 Å². The SMILES string of the molecule is O=C(Nc1cccc(NC(=O)C2CCC(C(=O)O)CC2)c1)c1ccncc1. The summed E-state index contributed by atoms with van der Waals surface area (Å²) >= 11 is 0. The lowest BCUT2D eigenvalue weighted by atomic mass is 9.81. The number of amides is 2. The van der Waals surface area contributed by atoms with Crippen LogP contribution in [0.25, 0.3) is 0 Å². The Morgan fingerprint density at radius 2 is 1.48 bits per heavy atom. The van der Waals surface area contributed by atoms with Crippen LogP contribution >= 0.6 is 0 Å². The Balaban J connectivity index is 1.58. The van der Waals surface area contributed by atoms with Crippen molar-refractivity contribution in [3.8, 4) is 0 Å². The Hall–Kier alpha value is -3.22. The third-order valence-electron chi connectivity index (χ3n) is 4.78. The molecule has 7 nitrogen and oxygen atoms in total. The number of carboxylic acid groups (broad SMARTS) is 1. The maximum absolute atomic E-state index is 12.4. The van der Waals surface area contributed by atoms with Crippen molar-refractivity contribution in [1.29, 1.82) is 0 Å². The van der Waals surface area contributed by atoms with Crippen LogP contribution in [0.3, 0.4) is 0 Å². The molecule has 140 valence electrons. The van der Waals surface area contributed by atoms with Gasteiger partial charge in [-0.25, -0.2) is 0 Å². The van der Waals surface area contributed by atoms with Crippen molar-refractivity contribution >= 4 is 29.2 Å². The molecule has 1 aromatic heterocycles. The monoisotopic (exact) mass is 367 g/mol. The summed E-state index contributed by atoms with van der Waals surface area (Å²) in [5.74, 6) is -1.69. The van der Waals surface area contributed by atoms with Gasteiger partial charge in [-0.1, -0.05) is 6.07 Å². The molecule has 1 heterocycles. The Labute approximate surface area is 156 Å². The predicted molar refractivity (Wildman–Crippen MR) is 100 cm³/mol. The van der Waals surface area contributed by atoms with Crippen molar-refractivity contribution in [2.75, 3.05) is 10.6 Å². The summed E-state index contributed by atoms with van der Waals surface area (Å²) in [6.07, 6.45) is 5.28. The average molecular weight is 367 g/mol. The van der Waals surface area contributed by atoms with Gasteiger partial charge in [0.05, 0.1) is 5.92 Å². The lowest BCUT2D eigenvalue weighted by molar-refractivity contribution is -0.143. The summed E-state index contributed by atoms with van der Waals surface area (Å²) in [6.45, 7) is 0. The highest BCUT2D eigenvalue weighted by molar-refractivity contribution is 6.04. The van der Waals surface area contributed by atoms with Crippen LogP contribution in [0.1, 0.15) is 36.0 Å². The fourth-order valence-electron chi connectivity index (χ4n) is 3.23. The third-order valence-corrected chi connectivity index (χ3v) is 4.78. The van der Waals surface area contributed by atoms with E-state index in [1.807, 2.05) is 0 Å². The Morgan fingerprint density at radius 1 is 0.889 bits per heavy atom. The van der Waals surface area contributed by atoms with E-state index in [-0.39, 0.29) is 23.7 Å². The number of carbonyl (C=O) groups is 3. The smallest absolute Gasteiger partial charge is 0.306 e. The molecule has 3 N–H and O–H groups in total. The standard InChI is InChI=1S/C20H21N3O4/c24-18(13-4-6-15(7-5-13)20(26)27)22-16-2-1-3-17(12-16)23-19(25)14-8-10-21-11-9-14/h1-3,8-13,15H,4-7H2,(H,22,24)(H,23,25)(H,26,27). The Bertz CT molecular complexity index is 830. The molecule has 3 rings (SSSR count). The van der Waals surface area contributed by atoms with Crippen molar-refractivity contribution in [2.24, 2.45) is 11.8 Å². The van der Waals surface area contributed by atoms with Crippen LogP contribution in [0, 0.1) is 11.8 Å². The molecule has 2 amide bonds. The molecule has 1 saturated carbocycles. The quantitative estimate of drug-likeness (QED) is 0.752. The summed E-state index contributed by atoms with van der Waals surface area (Å²) in [5.41, 5.74) is 1.66. The van der Waals surface area contributed by atoms with Crippen LogP contribution in [0.2, 0.25) is 0 Å². The lowest BCUT2D eigenvalue weighted by Gasteiger charge is -2.25. The van der Waals surface area contributed by atoms with Crippen LogP contribution in [-0.4, -0.2) is 27.9 Å². The number of pyridine rings is 1. The maximum Gasteiger partial charge on any atom is 0.306 e. The second-order valence-corrected chi connectivity index (χ2v) is 6.65. The van der Waals surface area contributed by atoms with Crippen molar-refractivity contribution in [3.63, 3.8) is 0 Å². The second kappa shape index (κ2) is 8.44. The zero-order chi connectivity index (χ0) is 19.2. The van der Waals surface area contributed by atoms with Gasteiger partial charge in [0.1, 0.15) is 0 Å². The number of anilines is 2. The number of carbonyl (C=O) groups excluding carboxylic acids is 2. The maximum atomic E-state index is 12.4. The first-order valence-electron chi connectivity index (χ1n) is 8.88. The highest BCUT2D eigenvalue weighted by atomic mass is 16.4. The van der Waals surface area contributed by atoms with E-state index in [9.17, 15) is 14.4 Å². The molecule has 27 heavy (non-hydrogen) atoms. The van der Waals surface area contributed by atoms with E-state index < -0.39 is 5.97 Å². The number of hydrogen-bond acceptors (Lipinski definition) is 4. The first-order valence-corrected chi connectivity index (χ1v) is 8.88. The van der Waals surface area contributed by atoms with Crippen molar-refractivity contribution < 1.29 is 19.5 Å². The van der Waals surface area contributed by atoms with E-state index >= 15 is 0 Å². The molecule has 0 spiro atoms. The number of aromatic nitrogens is 1. The molecule has 1 aliphatic carbocycles. The Morgan fingerprint density at radius 3 is 2.11 bits per heavy atom. The van der Waals surface area contributed by atoms with Gasteiger partial charge >= 0.3 is 5.97 Å². The zero-order valence-corrected chi connectivity index (χ0v) is 14.7. The average Bonchev–Trinajstić information content (AvgIpc) is 2.69. The number of nitrogens with one attached hydrogen (secondary N) is 2. The van der Waals surface area contributed by atoms with Gasteiger partial charge in [0, 0.05) is 35.2 Å². The van der Waals surface area contributed by atoms with Gasteiger partial charge < -0.3 is 15.7 Å². The summed E-state index contributed by atoms with van der Waals surface area (Å²) < 4.78 is 0. The van der Waals surface area contributed by atoms with E-state index in [1.54, 1.807) is 48.8 Å². The van der Waals surface area contributed by atoms with Crippen LogP contribution < -0.4 is 10.6 Å². The first kappa shape index (κ1) is 18.6. The Kier molecular flexibility index (Phi) is 5.80. The van der Waals surface area contributed by atoms with Crippen molar-refractivity contribution in [3.05, 3.63) is 54.4 Å². The molecule has 7 heteroatoms. The molecular formula is C20H21N3O4. The van der Waals surface area contributed by atoms with Gasteiger partial charge in [-0.3, -0.25) is 19.4 Å². The van der Waals surface area contributed by atoms with Crippen molar-refractivity contribution in [1.82, 2.24) is 4.98 Å². The molecule has 1 aromatic carbocycles. The minimum absolute atomic E-state index is 0.114. The van der Waals surface area contributed by atoms with E-state index in [1.165, 1.54) is 0 Å². The normalized spacial score (nSPS) is 19.1. The number of hydrogen-bond donors (Lipinski definition) is 3. The molecular weight excluding hydrogens is 346 g/mol. The third kappa shape index (κ3) is 4.91. The van der Waals surface area contributed by atoms with Crippen LogP contribution in [-0.2, 0) is 9.59 Å². The van der Waals surface area contributed by atoms with E-state index in [4.69, 9.17) is 5.11 Å². The van der Waals surface area contributed by atoms with Gasteiger partial charge in [-0.05, 0) is 56.0 Å². The van der Waals surface area contributed by atoms with E-state index in [2.05, 4.69) is 15.6 Å².